The van der Waals surface area contributed by atoms with Crippen molar-refractivity contribution >= 4 is 17.9 Å². The summed E-state index contributed by atoms with van der Waals surface area (Å²) in [5.41, 5.74) is 0. The van der Waals surface area contributed by atoms with Gasteiger partial charge < -0.3 is 14.2 Å². The van der Waals surface area contributed by atoms with Crippen LogP contribution in [0.1, 0.15) is 239 Å². The lowest BCUT2D eigenvalue weighted by Gasteiger charge is -2.18. The summed E-state index contributed by atoms with van der Waals surface area (Å²) in [5.74, 6) is -0.956. The number of unbranched alkanes of at least 4 members (excludes halogenated alkanes) is 21. The molecule has 0 amide bonds. The average Bonchev–Trinajstić information content (AvgIpc) is 3.28. The largest absolute Gasteiger partial charge is 0.462 e. The van der Waals surface area contributed by atoms with Crippen molar-refractivity contribution in [2.45, 2.75) is 245 Å². The number of hydrogen-bond acceptors (Lipinski definition) is 6. The van der Waals surface area contributed by atoms with E-state index in [4.69, 9.17) is 14.2 Å². The molecule has 0 aromatic carbocycles. The highest BCUT2D eigenvalue weighted by atomic mass is 16.6. The van der Waals surface area contributed by atoms with Crippen molar-refractivity contribution in [1.29, 1.82) is 0 Å². The zero-order valence-corrected chi connectivity index (χ0v) is 41.1. The van der Waals surface area contributed by atoms with Crippen molar-refractivity contribution in [1.82, 2.24) is 0 Å². The normalized spacial score (nSPS) is 12.7. The van der Waals surface area contributed by atoms with Crippen LogP contribution >= 0.6 is 0 Å². The van der Waals surface area contributed by atoms with Crippen LogP contribution in [0.2, 0.25) is 0 Å². The molecular formula is C57H96O6. The number of allylic oxidation sites excluding steroid dienone is 14. The lowest BCUT2D eigenvalue weighted by atomic mass is 10.0. The molecule has 0 aromatic rings. The van der Waals surface area contributed by atoms with Gasteiger partial charge in [-0.3, -0.25) is 14.4 Å². The summed E-state index contributed by atoms with van der Waals surface area (Å²) in [6, 6.07) is 0. The highest BCUT2D eigenvalue weighted by Crippen LogP contribution is 2.15. The molecule has 0 N–H and O–H groups in total. The fraction of sp³-hybridized carbons (Fsp3) is 0.702. The van der Waals surface area contributed by atoms with E-state index in [-0.39, 0.29) is 37.5 Å². The summed E-state index contributed by atoms with van der Waals surface area (Å²) >= 11 is 0. The Balaban J connectivity index is 4.39. The minimum absolute atomic E-state index is 0.0920. The molecule has 360 valence electrons. The predicted octanol–water partition coefficient (Wildman–Crippen LogP) is 17.2. The lowest BCUT2D eigenvalue weighted by molar-refractivity contribution is -0.167. The molecule has 1 unspecified atom stereocenters. The minimum atomic E-state index is -0.795. The van der Waals surface area contributed by atoms with E-state index in [1.807, 2.05) is 0 Å². The van der Waals surface area contributed by atoms with E-state index in [2.05, 4.69) is 106 Å². The maximum Gasteiger partial charge on any atom is 0.306 e. The van der Waals surface area contributed by atoms with Crippen molar-refractivity contribution in [3.05, 3.63) is 85.1 Å². The monoisotopic (exact) mass is 877 g/mol. The second-order valence-corrected chi connectivity index (χ2v) is 17.1. The van der Waals surface area contributed by atoms with Gasteiger partial charge in [-0.1, -0.05) is 234 Å². The topological polar surface area (TPSA) is 78.9 Å². The third-order valence-corrected chi connectivity index (χ3v) is 10.9. The Morgan fingerprint density at radius 3 is 0.968 bits per heavy atom. The summed E-state index contributed by atoms with van der Waals surface area (Å²) in [7, 11) is 0. The lowest BCUT2D eigenvalue weighted by Crippen LogP contribution is -2.30. The molecule has 0 aliphatic carbocycles. The van der Waals surface area contributed by atoms with Gasteiger partial charge in [-0.15, -0.1) is 0 Å². The Hall–Kier alpha value is -3.41. The van der Waals surface area contributed by atoms with Crippen LogP contribution in [-0.4, -0.2) is 37.2 Å². The summed E-state index contributed by atoms with van der Waals surface area (Å²) < 4.78 is 16.7. The highest BCUT2D eigenvalue weighted by Gasteiger charge is 2.19. The summed E-state index contributed by atoms with van der Waals surface area (Å²) in [5, 5.41) is 0. The van der Waals surface area contributed by atoms with E-state index >= 15 is 0 Å². The molecule has 0 spiro atoms. The molecule has 63 heavy (non-hydrogen) atoms. The summed E-state index contributed by atoms with van der Waals surface area (Å²) in [6.07, 6.45) is 65.8. The summed E-state index contributed by atoms with van der Waals surface area (Å²) in [4.78, 5) is 37.9. The number of rotatable bonds is 46. The smallest absolute Gasteiger partial charge is 0.306 e. The fourth-order valence-electron chi connectivity index (χ4n) is 7.02. The van der Waals surface area contributed by atoms with E-state index in [0.717, 1.165) is 89.9 Å². The van der Waals surface area contributed by atoms with E-state index in [9.17, 15) is 14.4 Å². The van der Waals surface area contributed by atoms with E-state index in [1.165, 1.54) is 103 Å². The molecule has 0 heterocycles. The maximum absolute atomic E-state index is 12.8. The first-order valence-corrected chi connectivity index (χ1v) is 26.1. The van der Waals surface area contributed by atoms with E-state index in [1.54, 1.807) is 0 Å². The third-order valence-electron chi connectivity index (χ3n) is 10.9. The quantitative estimate of drug-likeness (QED) is 0.0262. The highest BCUT2D eigenvalue weighted by molar-refractivity contribution is 5.71. The number of carbonyl (C=O) groups excluding carboxylic acids is 3. The van der Waals surface area contributed by atoms with Gasteiger partial charge in [0.1, 0.15) is 13.2 Å². The molecule has 0 saturated heterocycles. The molecule has 0 radical (unpaired) electrons. The van der Waals surface area contributed by atoms with Crippen molar-refractivity contribution in [2.75, 3.05) is 13.2 Å². The van der Waals surface area contributed by atoms with Gasteiger partial charge in [0, 0.05) is 19.3 Å². The standard InChI is InChI=1S/C57H96O6/c1-4-7-10-13-16-19-21-23-24-25-26-27-28-29-30-31-32-34-35-38-41-44-47-50-56(59)62-53-54(52-61-55(58)49-46-43-40-37-18-15-12-9-6-3)63-57(60)51-48-45-42-39-36-33-22-20-17-14-11-8-5-2/h7,10,16,19,23-24,26-27,29-30,32,34,38,41,54H,4-6,8-9,11-15,17-18,20-22,25,28,31,33,35-37,39-40,42-53H2,1-3H3/b10-7-,19-16-,24-23-,27-26-,30-29-,34-32-,41-38-. The molecule has 0 aliphatic heterocycles. The van der Waals surface area contributed by atoms with Crippen molar-refractivity contribution in [2.24, 2.45) is 0 Å². The number of esters is 3. The molecule has 1 atom stereocenters. The summed E-state index contributed by atoms with van der Waals surface area (Å²) in [6.45, 7) is 6.45. The predicted molar refractivity (Wildman–Crippen MR) is 270 cm³/mol. The molecule has 0 aliphatic rings. The van der Waals surface area contributed by atoms with Gasteiger partial charge in [-0.25, -0.2) is 0 Å². The molecule has 0 aromatic heterocycles. The van der Waals surface area contributed by atoms with Crippen molar-refractivity contribution < 1.29 is 28.6 Å². The van der Waals surface area contributed by atoms with Gasteiger partial charge in [0.05, 0.1) is 0 Å². The van der Waals surface area contributed by atoms with Gasteiger partial charge in [0.25, 0.3) is 0 Å². The Morgan fingerprint density at radius 1 is 0.333 bits per heavy atom. The maximum atomic E-state index is 12.8. The molecule has 6 heteroatoms. The van der Waals surface area contributed by atoms with Gasteiger partial charge in [-0.2, -0.15) is 0 Å². The molecule has 0 fully saturated rings. The van der Waals surface area contributed by atoms with Crippen LogP contribution in [0.25, 0.3) is 0 Å². The van der Waals surface area contributed by atoms with Crippen LogP contribution in [0, 0.1) is 0 Å². The average molecular weight is 877 g/mol. The Labute approximate surface area is 388 Å². The third kappa shape index (κ3) is 49.5. The van der Waals surface area contributed by atoms with Crippen LogP contribution in [0.15, 0.2) is 85.1 Å². The van der Waals surface area contributed by atoms with Gasteiger partial charge in [-0.05, 0) is 70.6 Å². The zero-order valence-electron chi connectivity index (χ0n) is 41.1. The molecule has 0 rings (SSSR count). The first-order valence-electron chi connectivity index (χ1n) is 26.1. The Bertz CT molecular complexity index is 1240. The zero-order chi connectivity index (χ0) is 45.8. The first-order chi connectivity index (χ1) is 31.0. The van der Waals surface area contributed by atoms with Gasteiger partial charge >= 0.3 is 17.9 Å². The number of ether oxygens (including phenoxy) is 3. The Morgan fingerprint density at radius 2 is 0.619 bits per heavy atom. The SMILES string of the molecule is CC/C=C\C/C=C\C/C=C\C/C=C\C/C=C\C/C=C\C/C=C\CCCC(=O)OCC(COC(=O)CCCCCCCCCCC)OC(=O)CCCCCCCCCCCCCCC. The molecule has 0 bridgehead atoms. The van der Waals surface area contributed by atoms with E-state index in [0.29, 0.717) is 19.3 Å². The van der Waals surface area contributed by atoms with Crippen LogP contribution in [0.3, 0.4) is 0 Å². The van der Waals surface area contributed by atoms with E-state index < -0.39 is 6.10 Å². The molecular weight excluding hydrogens is 781 g/mol. The minimum Gasteiger partial charge on any atom is -0.462 e. The number of hydrogen-bond donors (Lipinski definition) is 0. The fourth-order valence-corrected chi connectivity index (χ4v) is 7.02. The van der Waals surface area contributed by atoms with Crippen molar-refractivity contribution in [3.8, 4) is 0 Å². The molecule has 0 saturated carbocycles. The van der Waals surface area contributed by atoms with Crippen LogP contribution in [0.4, 0.5) is 0 Å². The van der Waals surface area contributed by atoms with Crippen LogP contribution in [0.5, 0.6) is 0 Å². The van der Waals surface area contributed by atoms with Crippen LogP contribution in [-0.2, 0) is 28.6 Å². The first kappa shape index (κ1) is 59.6. The molecule has 6 nitrogen and oxygen atoms in total. The Kier molecular flexibility index (Phi) is 48.5. The second kappa shape index (κ2) is 51.2. The van der Waals surface area contributed by atoms with Gasteiger partial charge in [0.15, 0.2) is 6.10 Å². The van der Waals surface area contributed by atoms with Gasteiger partial charge in [0.2, 0.25) is 0 Å². The number of carbonyl (C=O) groups is 3. The second-order valence-electron chi connectivity index (χ2n) is 17.1. The van der Waals surface area contributed by atoms with Crippen LogP contribution < -0.4 is 0 Å². The van der Waals surface area contributed by atoms with Crippen molar-refractivity contribution in [3.63, 3.8) is 0 Å².